The summed E-state index contributed by atoms with van der Waals surface area (Å²) in [5, 5.41) is 12.3. The summed E-state index contributed by atoms with van der Waals surface area (Å²) < 4.78 is 17.7. The molecule has 40 heavy (non-hydrogen) atoms. The fourth-order valence-electron chi connectivity index (χ4n) is 5.53. The number of rotatable bonds is 8. The number of nitrogens with one attached hydrogen (secondary N) is 1. The molecule has 1 heterocycles. The molecule has 7 nitrogen and oxygen atoms in total. The van der Waals surface area contributed by atoms with Crippen LogP contribution in [0.5, 0.6) is 17.2 Å². The lowest BCUT2D eigenvalue weighted by atomic mass is 9.98. The number of hydrogen-bond acceptors (Lipinski definition) is 5. The van der Waals surface area contributed by atoms with Crippen LogP contribution in [-0.4, -0.2) is 29.9 Å². The highest BCUT2D eigenvalue weighted by Gasteiger charge is 2.29. The van der Waals surface area contributed by atoms with Crippen molar-refractivity contribution in [3.05, 3.63) is 107 Å². The number of carbonyl (C=O) groups is 2. The van der Waals surface area contributed by atoms with Crippen molar-refractivity contribution < 1.29 is 28.9 Å². The molecule has 0 fully saturated rings. The highest BCUT2D eigenvalue weighted by atomic mass is 16.5. The maximum atomic E-state index is 12.9. The molecule has 1 amide bonds. The molecule has 0 bridgehead atoms. The van der Waals surface area contributed by atoms with E-state index in [0.717, 1.165) is 22.3 Å². The Bertz CT molecular complexity index is 1550. The first-order valence-corrected chi connectivity index (χ1v) is 13.5. The van der Waals surface area contributed by atoms with Gasteiger partial charge in [-0.1, -0.05) is 74.0 Å². The van der Waals surface area contributed by atoms with E-state index in [1.54, 1.807) is 18.2 Å². The van der Waals surface area contributed by atoms with Gasteiger partial charge in [0.2, 0.25) is 0 Å². The summed E-state index contributed by atoms with van der Waals surface area (Å²) in [6.07, 6.45) is 0.235. The van der Waals surface area contributed by atoms with Gasteiger partial charge in [-0.3, -0.25) is 5.32 Å². The minimum Gasteiger partial charge on any atom is -0.479 e. The van der Waals surface area contributed by atoms with Crippen LogP contribution < -0.4 is 14.8 Å². The molecule has 1 atom stereocenters. The van der Waals surface area contributed by atoms with Crippen molar-refractivity contribution in [1.29, 1.82) is 0 Å². The Morgan fingerprint density at radius 1 is 0.950 bits per heavy atom. The van der Waals surface area contributed by atoms with Gasteiger partial charge in [-0.2, -0.15) is 0 Å². The highest BCUT2D eigenvalue weighted by Crippen LogP contribution is 2.45. The number of carboxylic acid groups (broad SMARTS) is 1. The zero-order valence-electron chi connectivity index (χ0n) is 22.1. The number of ether oxygens (including phenoxy) is 3. The van der Waals surface area contributed by atoms with E-state index >= 15 is 0 Å². The Labute approximate surface area is 232 Å². The third-order valence-electron chi connectivity index (χ3n) is 7.41. The van der Waals surface area contributed by atoms with Crippen LogP contribution >= 0.6 is 0 Å². The maximum Gasteiger partial charge on any atom is 0.411 e. The predicted octanol–water partition coefficient (Wildman–Crippen LogP) is 7.38. The zero-order chi connectivity index (χ0) is 27.6. The molecule has 202 valence electrons. The molecule has 0 radical (unpaired) electrons. The van der Waals surface area contributed by atoms with Crippen LogP contribution in [0.25, 0.3) is 11.1 Å². The summed E-state index contributed by atoms with van der Waals surface area (Å²) in [5.41, 5.74) is 6.95. The molecular formula is C33H29NO6. The average molecular weight is 536 g/mol. The molecule has 1 unspecified atom stereocenters. The monoisotopic (exact) mass is 535 g/mol. The summed E-state index contributed by atoms with van der Waals surface area (Å²) in [6, 6.07) is 27.3. The van der Waals surface area contributed by atoms with Gasteiger partial charge in [0.15, 0.2) is 11.9 Å². The second-order valence-corrected chi connectivity index (χ2v) is 10.0. The van der Waals surface area contributed by atoms with E-state index in [2.05, 4.69) is 29.6 Å². The number of hydrogen-bond donors (Lipinski definition) is 2. The Hall–Kier alpha value is -4.78. The van der Waals surface area contributed by atoms with Gasteiger partial charge in [0.05, 0.1) is 5.69 Å². The van der Waals surface area contributed by atoms with Gasteiger partial charge in [0.25, 0.3) is 0 Å². The van der Waals surface area contributed by atoms with Gasteiger partial charge >= 0.3 is 12.1 Å². The van der Waals surface area contributed by atoms with Crippen LogP contribution in [0, 0.1) is 0 Å². The SMILES string of the molecule is CCCC(Oc1ccc2c(c1)Cc1cccc(NC(=O)OCC3c4ccccc4-c4ccccc43)c1O2)C(=O)O. The minimum absolute atomic E-state index is 0.0274. The van der Waals surface area contributed by atoms with Crippen molar-refractivity contribution in [1.82, 2.24) is 0 Å². The summed E-state index contributed by atoms with van der Waals surface area (Å²) in [7, 11) is 0. The van der Waals surface area contributed by atoms with Crippen LogP contribution in [0.2, 0.25) is 0 Å². The number of amides is 1. The van der Waals surface area contributed by atoms with E-state index in [4.69, 9.17) is 14.2 Å². The van der Waals surface area contributed by atoms with E-state index in [1.807, 2.05) is 49.4 Å². The van der Waals surface area contributed by atoms with E-state index < -0.39 is 18.2 Å². The zero-order valence-corrected chi connectivity index (χ0v) is 22.1. The van der Waals surface area contributed by atoms with Crippen molar-refractivity contribution in [3.8, 4) is 28.4 Å². The second-order valence-electron chi connectivity index (χ2n) is 10.0. The molecule has 6 rings (SSSR count). The van der Waals surface area contributed by atoms with Crippen molar-refractivity contribution in [2.24, 2.45) is 0 Å². The summed E-state index contributed by atoms with van der Waals surface area (Å²) in [4.78, 5) is 24.4. The molecular weight excluding hydrogens is 506 g/mol. The smallest absolute Gasteiger partial charge is 0.411 e. The predicted molar refractivity (Wildman–Crippen MR) is 151 cm³/mol. The fourth-order valence-corrected chi connectivity index (χ4v) is 5.53. The number of para-hydroxylation sites is 1. The van der Waals surface area contributed by atoms with Crippen LogP contribution in [0.3, 0.4) is 0 Å². The standard InChI is InChI=1S/C33H29NO6/c1-2-8-30(32(35)36)39-22-15-16-29-21(18-22)17-20-9-7-14-28(31(20)40-29)34-33(37)38-19-27-25-12-5-3-10-23(25)24-11-4-6-13-26(24)27/h3-7,9-16,18,27,30H,2,8,17,19H2,1H3,(H,34,37)(H,35,36). The molecule has 1 aliphatic heterocycles. The lowest BCUT2D eigenvalue weighted by Gasteiger charge is -2.24. The van der Waals surface area contributed by atoms with Gasteiger partial charge in [0.1, 0.15) is 18.1 Å². The molecule has 2 N–H and O–H groups in total. The molecule has 0 saturated carbocycles. The summed E-state index contributed by atoms with van der Waals surface area (Å²) >= 11 is 0. The first-order chi connectivity index (χ1) is 19.5. The quantitative estimate of drug-likeness (QED) is 0.215. The molecule has 4 aromatic rings. The van der Waals surface area contributed by atoms with Gasteiger partial charge in [-0.25, -0.2) is 9.59 Å². The third kappa shape index (κ3) is 4.86. The topological polar surface area (TPSA) is 94.1 Å². The number of carboxylic acids is 1. The van der Waals surface area contributed by atoms with E-state index in [9.17, 15) is 14.7 Å². The second kappa shape index (κ2) is 10.8. The Balaban J connectivity index is 1.14. The lowest BCUT2D eigenvalue weighted by Crippen LogP contribution is -2.26. The molecule has 4 aromatic carbocycles. The van der Waals surface area contributed by atoms with Crippen LogP contribution in [0.4, 0.5) is 10.5 Å². The maximum absolute atomic E-state index is 12.9. The molecule has 2 aliphatic rings. The molecule has 1 aliphatic carbocycles. The first kappa shape index (κ1) is 25.5. The van der Waals surface area contributed by atoms with Crippen molar-refractivity contribution in [3.63, 3.8) is 0 Å². The largest absolute Gasteiger partial charge is 0.479 e. The number of carbonyl (C=O) groups excluding carboxylic acids is 1. The number of anilines is 1. The molecule has 0 aromatic heterocycles. The molecule has 7 heteroatoms. The summed E-state index contributed by atoms with van der Waals surface area (Å²) in [5.74, 6) is 0.667. The first-order valence-electron chi connectivity index (χ1n) is 13.5. The van der Waals surface area contributed by atoms with Crippen molar-refractivity contribution in [2.75, 3.05) is 11.9 Å². The summed E-state index contributed by atoms with van der Waals surface area (Å²) in [6.45, 7) is 2.14. The van der Waals surface area contributed by atoms with E-state index in [1.165, 1.54) is 11.1 Å². The van der Waals surface area contributed by atoms with E-state index in [0.29, 0.717) is 42.2 Å². The average Bonchev–Trinajstić information content (AvgIpc) is 3.28. The minimum atomic E-state index is -0.981. The van der Waals surface area contributed by atoms with Crippen LogP contribution in [0.1, 0.15) is 47.9 Å². The number of aliphatic carboxylic acids is 1. The van der Waals surface area contributed by atoms with Crippen molar-refractivity contribution >= 4 is 17.7 Å². The Kier molecular flexibility index (Phi) is 6.86. The third-order valence-corrected chi connectivity index (χ3v) is 7.41. The van der Waals surface area contributed by atoms with Gasteiger partial charge in [-0.15, -0.1) is 0 Å². The molecule has 0 saturated heterocycles. The van der Waals surface area contributed by atoms with Crippen LogP contribution in [-0.2, 0) is 16.0 Å². The van der Waals surface area contributed by atoms with Crippen molar-refractivity contribution in [2.45, 2.75) is 38.2 Å². The number of benzene rings is 4. The van der Waals surface area contributed by atoms with Gasteiger partial charge in [-0.05, 0) is 52.9 Å². The molecule has 0 spiro atoms. The van der Waals surface area contributed by atoms with Gasteiger partial charge in [0, 0.05) is 23.5 Å². The van der Waals surface area contributed by atoms with Gasteiger partial charge < -0.3 is 19.3 Å². The lowest BCUT2D eigenvalue weighted by molar-refractivity contribution is -0.145. The normalized spacial score (nSPS) is 13.6. The van der Waals surface area contributed by atoms with E-state index in [-0.39, 0.29) is 12.5 Å². The fraction of sp³-hybridized carbons (Fsp3) is 0.212. The van der Waals surface area contributed by atoms with Crippen LogP contribution in [0.15, 0.2) is 84.9 Å². The number of fused-ring (bicyclic) bond motifs is 5. The highest BCUT2D eigenvalue weighted by molar-refractivity contribution is 5.88. The Morgan fingerprint density at radius 3 is 2.38 bits per heavy atom. The Morgan fingerprint density at radius 2 is 1.68 bits per heavy atom.